The normalized spacial score (nSPS) is 16.5. The van der Waals surface area contributed by atoms with E-state index in [-0.39, 0.29) is 0 Å². The highest BCUT2D eigenvalue weighted by Crippen LogP contribution is 2.43. The van der Waals surface area contributed by atoms with Gasteiger partial charge in [0, 0.05) is 9.30 Å². The van der Waals surface area contributed by atoms with Crippen LogP contribution in [0.5, 0.6) is 11.5 Å². The molecular weight excluding hydrogens is 381 g/mol. The molecule has 2 nitrogen and oxygen atoms in total. The summed E-state index contributed by atoms with van der Waals surface area (Å²) < 4.78 is 48.4. The molecule has 1 unspecified atom stereocenters. The Bertz CT molecular complexity index is 449. The number of fused-ring (bicyclic) bond motifs is 1. The molecule has 1 atom stereocenters. The average molecular weight is 390 g/mol. The van der Waals surface area contributed by atoms with Crippen molar-refractivity contribution in [2.24, 2.45) is 0 Å². The van der Waals surface area contributed by atoms with Gasteiger partial charge in [0.2, 0.25) is 0 Å². The molecule has 0 amide bonds. The smallest absolute Gasteiger partial charge is 0.390 e. The maximum atomic E-state index is 12.4. The van der Waals surface area contributed by atoms with Crippen LogP contribution in [0.4, 0.5) is 13.2 Å². The van der Waals surface area contributed by atoms with Crippen LogP contribution in [0.3, 0.4) is 0 Å². The van der Waals surface area contributed by atoms with Gasteiger partial charge in [0.15, 0.2) is 11.5 Å². The summed E-state index contributed by atoms with van der Waals surface area (Å²) in [7, 11) is 0. The molecule has 0 N–H and O–H groups in total. The minimum atomic E-state index is -4.22. The molecule has 1 aromatic carbocycles. The highest BCUT2D eigenvalue weighted by Gasteiger charge is 2.32. The van der Waals surface area contributed by atoms with Crippen molar-refractivity contribution >= 4 is 31.9 Å². The number of rotatable bonds is 2. The van der Waals surface area contributed by atoms with E-state index in [1.54, 1.807) is 12.1 Å². The molecule has 7 heteroatoms. The van der Waals surface area contributed by atoms with Gasteiger partial charge in [0.1, 0.15) is 13.2 Å². The lowest BCUT2D eigenvalue weighted by molar-refractivity contribution is -0.134. The Balaban J connectivity index is 2.27. The molecule has 18 heavy (non-hydrogen) atoms. The van der Waals surface area contributed by atoms with E-state index >= 15 is 0 Å². The molecule has 0 aromatic heterocycles. The highest BCUT2D eigenvalue weighted by atomic mass is 79.9. The maximum Gasteiger partial charge on any atom is 0.390 e. The van der Waals surface area contributed by atoms with E-state index in [4.69, 9.17) is 9.47 Å². The van der Waals surface area contributed by atoms with Crippen molar-refractivity contribution in [2.45, 2.75) is 17.4 Å². The third-order valence-corrected chi connectivity index (χ3v) is 3.91. The monoisotopic (exact) mass is 388 g/mol. The van der Waals surface area contributed by atoms with Crippen LogP contribution in [0.1, 0.15) is 16.8 Å². The van der Waals surface area contributed by atoms with Crippen molar-refractivity contribution in [2.75, 3.05) is 13.2 Å². The second kappa shape index (κ2) is 5.28. The molecular formula is C11H9Br2F3O2. The minimum absolute atomic E-state index is 0.403. The largest absolute Gasteiger partial charge is 0.486 e. The van der Waals surface area contributed by atoms with Gasteiger partial charge in [-0.25, -0.2) is 0 Å². The second-order valence-electron chi connectivity index (χ2n) is 3.80. The van der Waals surface area contributed by atoms with Crippen molar-refractivity contribution in [1.82, 2.24) is 0 Å². The van der Waals surface area contributed by atoms with Crippen LogP contribution in [0, 0.1) is 0 Å². The number of hydrogen-bond acceptors (Lipinski definition) is 2. The van der Waals surface area contributed by atoms with Crippen LogP contribution in [-0.4, -0.2) is 19.4 Å². The van der Waals surface area contributed by atoms with E-state index in [1.165, 1.54) is 0 Å². The van der Waals surface area contributed by atoms with Gasteiger partial charge in [0.25, 0.3) is 0 Å². The fourth-order valence-corrected chi connectivity index (χ4v) is 3.28. The highest BCUT2D eigenvalue weighted by molar-refractivity contribution is 9.11. The standard InChI is InChI=1S/C11H9Br2F3O2/c12-7-4-10-9(17-1-2-18-10)3-6(7)8(13)5-11(14,15)16/h3-4,8H,1-2,5H2. The summed E-state index contributed by atoms with van der Waals surface area (Å²) in [4.78, 5) is -0.817. The van der Waals surface area contributed by atoms with Crippen LogP contribution in [0.15, 0.2) is 16.6 Å². The summed E-state index contributed by atoms with van der Waals surface area (Å²) in [6.07, 6.45) is -5.16. The number of halogens is 5. The number of hydrogen-bond donors (Lipinski definition) is 0. The lowest BCUT2D eigenvalue weighted by Crippen LogP contribution is -2.16. The molecule has 0 fully saturated rings. The third-order valence-electron chi connectivity index (χ3n) is 2.41. The zero-order valence-corrected chi connectivity index (χ0v) is 12.2. The number of alkyl halides is 4. The predicted octanol–water partition coefficient (Wildman–Crippen LogP) is 4.61. The van der Waals surface area contributed by atoms with Crippen LogP contribution < -0.4 is 9.47 Å². The summed E-state index contributed by atoms with van der Waals surface area (Å²) in [6.45, 7) is 0.847. The van der Waals surface area contributed by atoms with Crippen molar-refractivity contribution in [1.29, 1.82) is 0 Å². The van der Waals surface area contributed by atoms with Crippen molar-refractivity contribution in [3.63, 3.8) is 0 Å². The van der Waals surface area contributed by atoms with E-state index in [1.807, 2.05) is 0 Å². The van der Waals surface area contributed by atoms with Crippen molar-refractivity contribution in [3.05, 3.63) is 22.2 Å². The van der Waals surface area contributed by atoms with Gasteiger partial charge >= 0.3 is 6.18 Å². The Morgan fingerprint density at radius 3 is 2.28 bits per heavy atom. The van der Waals surface area contributed by atoms with Gasteiger partial charge in [0.05, 0.1) is 6.42 Å². The molecule has 0 bridgehead atoms. The molecule has 0 radical (unpaired) electrons. The molecule has 1 heterocycles. The Morgan fingerprint density at radius 1 is 1.17 bits per heavy atom. The molecule has 1 aliphatic rings. The second-order valence-corrected chi connectivity index (χ2v) is 5.76. The third kappa shape index (κ3) is 3.32. The van der Waals surface area contributed by atoms with E-state index in [9.17, 15) is 13.2 Å². The lowest BCUT2D eigenvalue weighted by Gasteiger charge is -2.21. The Labute approximate surface area is 119 Å². The molecule has 1 aliphatic heterocycles. The summed E-state index contributed by atoms with van der Waals surface area (Å²) in [5.74, 6) is 1.02. The van der Waals surface area contributed by atoms with Crippen molar-refractivity contribution in [3.8, 4) is 11.5 Å². The SMILES string of the molecule is FC(F)(F)CC(Br)c1cc2c(cc1Br)OCCO2. The first-order chi connectivity index (χ1) is 8.37. The van der Waals surface area contributed by atoms with Crippen LogP contribution >= 0.6 is 31.9 Å². The van der Waals surface area contributed by atoms with Gasteiger partial charge < -0.3 is 9.47 Å². The predicted molar refractivity (Wildman–Crippen MR) is 67.5 cm³/mol. The molecule has 0 aliphatic carbocycles. The van der Waals surface area contributed by atoms with Gasteiger partial charge in [-0.1, -0.05) is 31.9 Å². The first-order valence-corrected chi connectivity index (χ1v) is 6.87. The summed E-state index contributed by atoms with van der Waals surface area (Å²) in [5.41, 5.74) is 0.497. The summed E-state index contributed by atoms with van der Waals surface area (Å²) in [5, 5.41) is 0. The maximum absolute atomic E-state index is 12.4. The Hall–Kier alpha value is -0.430. The zero-order valence-electron chi connectivity index (χ0n) is 9.06. The van der Waals surface area contributed by atoms with Gasteiger partial charge in [-0.3, -0.25) is 0 Å². The molecule has 0 saturated heterocycles. The molecule has 1 aromatic rings. The average Bonchev–Trinajstić information content (AvgIpc) is 2.25. The van der Waals surface area contributed by atoms with E-state index in [2.05, 4.69) is 31.9 Å². The van der Waals surface area contributed by atoms with Crippen molar-refractivity contribution < 1.29 is 22.6 Å². The minimum Gasteiger partial charge on any atom is -0.486 e. The van der Waals surface area contributed by atoms with Crippen LogP contribution in [0.25, 0.3) is 0 Å². The Kier molecular flexibility index (Phi) is 4.11. The molecule has 100 valence electrons. The van der Waals surface area contributed by atoms with Crippen LogP contribution in [0.2, 0.25) is 0 Å². The molecule has 0 saturated carbocycles. The zero-order chi connectivity index (χ0) is 13.3. The van der Waals surface area contributed by atoms with E-state index < -0.39 is 17.4 Å². The topological polar surface area (TPSA) is 18.5 Å². The fourth-order valence-electron chi connectivity index (χ4n) is 1.63. The lowest BCUT2D eigenvalue weighted by atomic mass is 10.1. The first kappa shape index (κ1) is 14.0. The van der Waals surface area contributed by atoms with E-state index in [0.29, 0.717) is 34.7 Å². The summed E-state index contributed by atoms with van der Waals surface area (Å²) in [6, 6.07) is 3.21. The number of benzene rings is 1. The molecule has 0 spiro atoms. The van der Waals surface area contributed by atoms with Crippen LogP contribution in [-0.2, 0) is 0 Å². The molecule has 2 rings (SSSR count). The van der Waals surface area contributed by atoms with Gasteiger partial charge in [-0.2, -0.15) is 13.2 Å². The Morgan fingerprint density at radius 2 is 1.72 bits per heavy atom. The van der Waals surface area contributed by atoms with E-state index in [0.717, 1.165) is 0 Å². The number of ether oxygens (including phenoxy) is 2. The quantitative estimate of drug-likeness (QED) is 0.687. The van der Waals surface area contributed by atoms with Gasteiger partial charge in [-0.05, 0) is 17.7 Å². The van der Waals surface area contributed by atoms with Gasteiger partial charge in [-0.15, -0.1) is 0 Å². The fraction of sp³-hybridized carbons (Fsp3) is 0.455. The summed E-state index contributed by atoms with van der Waals surface area (Å²) >= 11 is 6.30. The first-order valence-electron chi connectivity index (χ1n) is 5.16.